The number of alkyl halides is 3. The third kappa shape index (κ3) is 7.03. The Morgan fingerprint density at radius 1 is 1.24 bits per heavy atom. The van der Waals surface area contributed by atoms with E-state index in [1.54, 1.807) is 30.3 Å². The zero-order valence-corrected chi connectivity index (χ0v) is 11.7. The zero-order valence-electron chi connectivity index (χ0n) is 10.9. The van der Waals surface area contributed by atoms with E-state index in [4.69, 9.17) is 5.11 Å². The number of aliphatic carboxylic acids is 1. The van der Waals surface area contributed by atoms with Gasteiger partial charge in [0, 0.05) is 6.54 Å². The van der Waals surface area contributed by atoms with Crippen molar-refractivity contribution in [1.29, 1.82) is 0 Å². The lowest BCUT2D eigenvalue weighted by atomic mass is 9.99. The predicted molar refractivity (Wildman–Crippen MR) is 73.2 cm³/mol. The molecule has 0 aliphatic heterocycles. The van der Waals surface area contributed by atoms with Crippen molar-refractivity contribution in [3.8, 4) is 0 Å². The fraction of sp³-hybridized carbons (Fsp3) is 0.385. The number of hydrogen-bond donors (Lipinski definition) is 2. The van der Waals surface area contributed by atoms with Gasteiger partial charge in [0.2, 0.25) is 5.91 Å². The summed E-state index contributed by atoms with van der Waals surface area (Å²) in [5, 5.41) is 11.5. The summed E-state index contributed by atoms with van der Waals surface area (Å²) in [6.07, 6.45) is -4.32. The van der Waals surface area contributed by atoms with Gasteiger partial charge in [-0.3, -0.25) is 9.59 Å². The minimum Gasteiger partial charge on any atom is -0.481 e. The van der Waals surface area contributed by atoms with Crippen LogP contribution in [0.25, 0.3) is 0 Å². The maximum absolute atomic E-state index is 11.9. The molecule has 0 aromatic heterocycles. The highest BCUT2D eigenvalue weighted by Gasteiger charge is 2.27. The van der Waals surface area contributed by atoms with Gasteiger partial charge in [-0.2, -0.15) is 13.2 Å². The monoisotopic (exact) mass is 321 g/mol. The van der Waals surface area contributed by atoms with Gasteiger partial charge in [-0.1, -0.05) is 30.3 Å². The van der Waals surface area contributed by atoms with Gasteiger partial charge in [-0.25, -0.2) is 0 Å². The van der Waals surface area contributed by atoms with Crippen LogP contribution >= 0.6 is 11.8 Å². The summed E-state index contributed by atoms with van der Waals surface area (Å²) in [7, 11) is 0. The summed E-state index contributed by atoms with van der Waals surface area (Å²) in [6, 6.07) is 8.31. The molecule has 0 aliphatic carbocycles. The molecule has 0 heterocycles. The van der Waals surface area contributed by atoms with Gasteiger partial charge in [-0.15, -0.1) is 11.8 Å². The highest BCUT2D eigenvalue weighted by molar-refractivity contribution is 8.00. The van der Waals surface area contributed by atoms with Crippen LogP contribution < -0.4 is 5.32 Å². The van der Waals surface area contributed by atoms with E-state index in [2.05, 4.69) is 5.32 Å². The van der Waals surface area contributed by atoms with Gasteiger partial charge in [0.15, 0.2) is 0 Å². The number of hydrogen-bond acceptors (Lipinski definition) is 3. The van der Waals surface area contributed by atoms with Crippen LogP contribution in [0, 0.1) is 0 Å². The first kappa shape index (κ1) is 17.4. The minimum absolute atomic E-state index is 0.162. The Morgan fingerprint density at radius 3 is 2.38 bits per heavy atom. The Balaban J connectivity index is 2.44. The second-order valence-electron chi connectivity index (χ2n) is 4.21. The number of carbonyl (C=O) groups is 2. The molecule has 0 saturated heterocycles. The molecular formula is C13H14F3NO3S. The lowest BCUT2D eigenvalue weighted by molar-refractivity contribution is -0.138. The maximum atomic E-state index is 11.9. The molecule has 1 unspecified atom stereocenters. The smallest absolute Gasteiger partial charge is 0.397 e. The Hall–Kier alpha value is -1.70. The van der Waals surface area contributed by atoms with Gasteiger partial charge in [0.05, 0.1) is 17.4 Å². The minimum atomic E-state index is -4.32. The van der Waals surface area contributed by atoms with E-state index in [1.165, 1.54) is 0 Å². The van der Waals surface area contributed by atoms with Crippen molar-refractivity contribution < 1.29 is 27.9 Å². The average Bonchev–Trinajstić information content (AvgIpc) is 2.38. The summed E-state index contributed by atoms with van der Waals surface area (Å²) in [5.41, 5.74) is 0.522. The quantitative estimate of drug-likeness (QED) is 0.808. The van der Waals surface area contributed by atoms with Crippen LogP contribution in [0.1, 0.15) is 11.5 Å². The Morgan fingerprint density at radius 2 is 1.86 bits per heavy atom. The molecule has 21 heavy (non-hydrogen) atoms. The van der Waals surface area contributed by atoms with Crippen LogP contribution in [-0.4, -0.2) is 41.2 Å². The molecule has 116 valence electrons. The first-order valence-electron chi connectivity index (χ1n) is 5.98. The van der Waals surface area contributed by atoms with Crippen LogP contribution in [0.15, 0.2) is 30.3 Å². The van der Waals surface area contributed by atoms with E-state index in [-0.39, 0.29) is 12.3 Å². The molecule has 1 atom stereocenters. The molecule has 0 fully saturated rings. The molecular weight excluding hydrogens is 307 g/mol. The number of amides is 1. The van der Waals surface area contributed by atoms with Crippen molar-refractivity contribution in [3.63, 3.8) is 0 Å². The number of nitrogens with one attached hydrogen (secondary N) is 1. The second-order valence-corrected chi connectivity index (χ2v) is 5.20. The van der Waals surface area contributed by atoms with E-state index in [0.717, 1.165) is 0 Å². The van der Waals surface area contributed by atoms with E-state index in [0.29, 0.717) is 17.3 Å². The predicted octanol–water partition coefficient (Wildman–Crippen LogP) is 2.27. The van der Waals surface area contributed by atoms with Crippen LogP contribution in [0.3, 0.4) is 0 Å². The third-order valence-electron chi connectivity index (χ3n) is 2.50. The zero-order chi connectivity index (χ0) is 15.9. The number of carbonyl (C=O) groups excluding carboxylic acids is 1. The van der Waals surface area contributed by atoms with Gasteiger partial charge < -0.3 is 10.4 Å². The molecule has 0 radical (unpaired) electrons. The lowest BCUT2D eigenvalue weighted by Crippen LogP contribution is -2.33. The molecule has 1 amide bonds. The molecule has 0 spiro atoms. The first-order chi connectivity index (χ1) is 9.79. The summed E-state index contributed by atoms with van der Waals surface area (Å²) >= 11 is 0.440. The van der Waals surface area contributed by atoms with E-state index in [9.17, 15) is 22.8 Å². The lowest BCUT2D eigenvalue weighted by Gasteiger charge is -2.14. The molecule has 8 heteroatoms. The van der Waals surface area contributed by atoms with Crippen LogP contribution in [0.2, 0.25) is 0 Å². The molecule has 0 bridgehead atoms. The summed E-state index contributed by atoms with van der Waals surface area (Å²) in [5.74, 6) is -4.12. The van der Waals surface area contributed by atoms with Gasteiger partial charge in [0.1, 0.15) is 0 Å². The number of halogens is 3. The van der Waals surface area contributed by atoms with E-state index < -0.39 is 29.7 Å². The number of carboxylic acids is 1. The highest BCUT2D eigenvalue weighted by Crippen LogP contribution is 2.21. The molecule has 1 aromatic rings. The fourth-order valence-electron chi connectivity index (χ4n) is 1.56. The topological polar surface area (TPSA) is 66.4 Å². The van der Waals surface area contributed by atoms with Gasteiger partial charge >= 0.3 is 12.1 Å². The van der Waals surface area contributed by atoms with Crippen molar-refractivity contribution in [2.75, 3.05) is 18.1 Å². The Bertz CT molecular complexity index is 479. The average molecular weight is 321 g/mol. The Labute approximate surface area is 123 Å². The maximum Gasteiger partial charge on any atom is 0.397 e. The largest absolute Gasteiger partial charge is 0.481 e. The molecule has 1 aromatic carbocycles. The standard InChI is InChI=1S/C13H14F3NO3S/c14-13(15,16)8-21-7-11(18)17-6-10(12(19)20)9-4-2-1-3-5-9/h1-5,10H,6-8H2,(H,17,18)(H,19,20). The van der Waals surface area contributed by atoms with Crippen molar-refractivity contribution in [1.82, 2.24) is 5.32 Å². The number of carboxylic acid groups (broad SMARTS) is 1. The number of rotatable bonds is 7. The fourth-order valence-corrected chi connectivity index (χ4v) is 2.18. The highest BCUT2D eigenvalue weighted by atomic mass is 32.2. The van der Waals surface area contributed by atoms with Crippen molar-refractivity contribution in [3.05, 3.63) is 35.9 Å². The number of thioether (sulfide) groups is 1. The summed E-state index contributed by atoms with van der Waals surface area (Å²) < 4.78 is 35.8. The van der Waals surface area contributed by atoms with Crippen LogP contribution in [0.5, 0.6) is 0 Å². The number of benzene rings is 1. The first-order valence-corrected chi connectivity index (χ1v) is 7.14. The summed E-state index contributed by atoms with van der Waals surface area (Å²) in [6.45, 7) is -0.162. The normalized spacial score (nSPS) is 12.7. The van der Waals surface area contributed by atoms with Crippen LogP contribution in [0.4, 0.5) is 13.2 Å². The van der Waals surface area contributed by atoms with Crippen molar-refractivity contribution in [2.24, 2.45) is 0 Å². The molecule has 0 saturated carbocycles. The third-order valence-corrected chi connectivity index (χ3v) is 3.50. The molecule has 1 rings (SSSR count). The molecule has 2 N–H and O–H groups in total. The van der Waals surface area contributed by atoms with Gasteiger partial charge in [0.25, 0.3) is 0 Å². The van der Waals surface area contributed by atoms with Crippen molar-refractivity contribution in [2.45, 2.75) is 12.1 Å². The van der Waals surface area contributed by atoms with Crippen molar-refractivity contribution >= 4 is 23.6 Å². The molecule has 0 aliphatic rings. The Kier molecular flexibility index (Phi) is 6.54. The SMILES string of the molecule is O=C(CSCC(F)(F)F)NCC(C(=O)O)c1ccccc1. The second kappa shape index (κ2) is 7.92. The van der Waals surface area contributed by atoms with Crippen LogP contribution in [-0.2, 0) is 9.59 Å². The summed E-state index contributed by atoms with van der Waals surface area (Å²) in [4.78, 5) is 22.5. The molecule has 4 nitrogen and oxygen atoms in total. The van der Waals surface area contributed by atoms with E-state index in [1.807, 2.05) is 0 Å². The van der Waals surface area contributed by atoms with E-state index >= 15 is 0 Å². The van der Waals surface area contributed by atoms with Gasteiger partial charge in [-0.05, 0) is 5.56 Å².